The predicted octanol–water partition coefficient (Wildman–Crippen LogP) is 7.41. The Morgan fingerprint density at radius 2 is 1.64 bits per heavy atom. The van der Waals surface area contributed by atoms with E-state index >= 15 is 0 Å². The number of aryl methyl sites for hydroxylation is 1. The minimum absolute atomic E-state index is 0.0652. The van der Waals surface area contributed by atoms with Crippen LogP contribution in [-0.2, 0) is 11.2 Å². The van der Waals surface area contributed by atoms with Gasteiger partial charge in [-0.25, -0.2) is 4.68 Å². The molecule has 7 nitrogen and oxygen atoms in total. The Morgan fingerprint density at radius 1 is 0.929 bits per heavy atom. The van der Waals surface area contributed by atoms with Gasteiger partial charge in [0.05, 0.1) is 18.5 Å². The Balaban J connectivity index is 1.52. The summed E-state index contributed by atoms with van der Waals surface area (Å²) in [5.74, 6) is 1.02. The maximum Gasteiger partial charge on any atom is 0.254 e. The molecule has 4 rings (SSSR count). The van der Waals surface area contributed by atoms with E-state index < -0.39 is 0 Å². The molecule has 2 amide bonds. The van der Waals surface area contributed by atoms with E-state index in [0.717, 1.165) is 35.5 Å². The number of unbranched alkanes of at least 4 members (excludes halogenated alkanes) is 3. The van der Waals surface area contributed by atoms with Crippen LogP contribution in [0.3, 0.4) is 0 Å². The van der Waals surface area contributed by atoms with E-state index in [4.69, 9.17) is 9.84 Å². The average Bonchev–Trinajstić information content (AvgIpc) is 3.42. The summed E-state index contributed by atoms with van der Waals surface area (Å²) in [6, 6.07) is 27.0. The molecule has 1 heterocycles. The van der Waals surface area contributed by atoms with Crippen molar-refractivity contribution in [2.75, 3.05) is 25.5 Å². The lowest BCUT2D eigenvalue weighted by molar-refractivity contribution is -0.117. The Morgan fingerprint density at radius 3 is 2.29 bits per heavy atom. The summed E-state index contributed by atoms with van der Waals surface area (Å²) in [5.41, 5.74) is 4.27. The standard InChI is InChI=1S/C35H42N4O3/c1-5-6-7-9-12-27-15-17-29(18-16-27)35(41)38(24-26(2)3)25-34(40)36-33-23-32(28-13-10-8-11-14-28)37-39(33)30-19-21-31(42-4)22-20-30/h8,10-11,13-23,26H,5-7,9,12,24-25H2,1-4H3,(H,36,40). The van der Waals surface area contributed by atoms with E-state index in [-0.39, 0.29) is 24.3 Å². The number of ether oxygens (including phenoxy) is 1. The highest BCUT2D eigenvalue weighted by molar-refractivity contribution is 5.99. The van der Waals surface area contributed by atoms with E-state index in [9.17, 15) is 9.59 Å². The van der Waals surface area contributed by atoms with E-state index in [1.165, 1.54) is 24.8 Å². The zero-order valence-corrected chi connectivity index (χ0v) is 25.2. The smallest absolute Gasteiger partial charge is 0.254 e. The molecule has 1 aromatic heterocycles. The number of nitrogens with zero attached hydrogens (tertiary/aromatic N) is 3. The molecular formula is C35H42N4O3. The third-order valence-electron chi connectivity index (χ3n) is 7.09. The van der Waals surface area contributed by atoms with E-state index in [1.807, 2.05) is 98.8 Å². The number of hydrogen-bond donors (Lipinski definition) is 1. The number of carbonyl (C=O) groups is 2. The Hall–Kier alpha value is -4.39. The summed E-state index contributed by atoms with van der Waals surface area (Å²) in [6.07, 6.45) is 5.85. The average molecular weight is 567 g/mol. The number of nitrogens with one attached hydrogen (secondary N) is 1. The minimum atomic E-state index is -0.286. The highest BCUT2D eigenvalue weighted by atomic mass is 16.5. The van der Waals surface area contributed by atoms with Gasteiger partial charge in [-0.2, -0.15) is 5.10 Å². The van der Waals surface area contributed by atoms with Gasteiger partial charge in [0, 0.05) is 23.7 Å². The number of anilines is 1. The molecule has 0 aliphatic rings. The molecule has 0 fully saturated rings. The van der Waals surface area contributed by atoms with Crippen molar-refractivity contribution in [3.63, 3.8) is 0 Å². The first-order valence-corrected chi connectivity index (χ1v) is 14.9. The Bertz CT molecular complexity index is 1430. The van der Waals surface area contributed by atoms with Gasteiger partial charge in [0.15, 0.2) is 0 Å². The zero-order valence-electron chi connectivity index (χ0n) is 25.2. The fraction of sp³-hybridized carbons (Fsp3) is 0.343. The van der Waals surface area contributed by atoms with Gasteiger partial charge in [-0.05, 0) is 60.7 Å². The number of amides is 2. The van der Waals surface area contributed by atoms with Gasteiger partial charge in [0.25, 0.3) is 5.91 Å². The first kappa shape index (κ1) is 30.6. The third-order valence-corrected chi connectivity index (χ3v) is 7.09. The van der Waals surface area contributed by atoms with Gasteiger partial charge >= 0.3 is 0 Å². The lowest BCUT2D eigenvalue weighted by Gasteiger charge is -2.24. The molecule has 7 heteroatoms. The molecule has 42 heavy (non-hydrogen) atoms. The molecule has 220 valence electrons. The largest absolute Gasteiger partial charge is 0.497 e. The number of rotatable bonds is 14. The fourth-order valence-corrected chi connectivity index (χ4v) is 4.91. The number of hydrogen-bond acceptors (Lipinski definition) is 4. The molecule has 4 aromatic rings. The van der Waals surface area contributed by atoms with Crippen molar-refractivity contribution < 1.29 is 14.3 Å². The van der Waals surface area contributed by atoms with Crippen LogP contribution in [0.1, 0.15) is 62.4 Å². The van der Waals surface area contributed by atoms with Gasteiger partial charge in [-0.15, -0.1) is 0 Å². The SMILES string of the molecule is CCCCCCc1ccc(C(=O)N(CC(=O)Nc2cc(-c3ccccc3)nn2-c2ccc(OC)cc2)CC(C)C)cc1. The van der Waals surface area contributed by atoms with Crippen LogP contribution in [0.2, 0.25) is 0 Å². The Labute approximate surface area is 249 Å². The number of benzene rings is 3. The minimum Gasteiger partial charge on any atom is -0.497 e. The van der Waals surface area contributed by atoms with Crippen molar-refractivity contribution in [2.24, 2.45) is 5.92 Å². The lowest BCUT2D eigenvalue weighted by atomic mass is 10.0. The first-order chi connectivity index (χ1) is 20.4. The van der Waals surface area contributed by atoms with Crippen LogP contribution in [0.15, 0.2) is 84.9 Å². The van der Waals surface area contributed by atoms with Gasteiger partial charge in [-0.1, -0.05) is 82.5 Å². The molecule has 0 aliphatic carbocycles. The van der Waals surface area contributed by atoms with Gasteiger partial charge in [0.2, 0.25) is 5.91 Å². The van der Waals surface area contributed by atoms with Crippen LogP contribution in [0.4, 0.5) is 5.82 Å². The quantitative estimate of drug-likeness (QED) is 0.161. The molecule has 1 N–H and O–H groups in total. The van der Waals surface area contributed by atoms with Crippen LogP contribution in [0.25, 0.3) is 16.9 Å². The zero-order chi connectivity index (χ0) is 29.9. The van der Waals surface area contributed by atoms with Crippen LogP contribution in [0, 0.1) is 5.92 Å². The van der Waals surface area contributed by atoms with Crippen LogP contribution in [0.5, 0.6) is 5.75 Å². The molecule has 0 radical (unpaired) electrons. The first-order valence-electron chi connectivity index (χ1n) is 14.9. The molecule has 0 saturated carbocycles. The highest BCUT2D eigenvalue weighted by Gasteiger charge is 2.22. The summed E-state index contributed by atoms with van der Waals surface area (Å²) in [4.78, 5) is 28.6. The second-order valence-electron chi connectivity index (χ2n) is 11.0. The van der Waals surface area contributed by atoms with Gasteiger partial charge in [0.1, 0.15) is 18.1 Å². The van der Waals surface area contributed by atoms with E-state index in [2.05, 4.69) is 12.2 Å². The van der Waals surface area contributed by atoms with Gasteiger partial charge in [-0.3, -0.25) is 9.59 Å². The van der Waals surface area contributed by atoms with Crippen molar-refractivity contribution in [1.82, 2.24) is 14.7 Å². The van der Waals surface area contributed by atoms with Crippen molar-refractivity contribution in [3.05, 3.63) is 96.1 Å². The number of aromatic nitrogens is 2. The third kappa shape index (κ3) is 8.32. The molecule has 0 unspecified atom stereocenters. The summed E-state index contributed by atoms with van der Waals surface area (Å²) >= 11 is 0. The highest BCUT2D eigenvalue weighted by Crippen LogP contribution is 2.26. The normalized spacial score (nSPS) is 11.0. The van der Waals surface area contributed by atoms with Crippen LogP contribution < -0.4 is 10.1 Å². The summed E-state index contributed by atoms with van der Waals surface area (Å²) < 4.78 is 7.01. The van der Waals surface area contributed by atoms with Crippen LogP contribution in [-0.4, -0.2) is 46.7 Å². The van der Waals surface area contributed by atoms with E-state index in [0.29, 0.717) is 17.9 Å². The molecule has 3 aromatic carbocycles. The molecular weight excluding hydrogens is 524 g/mol. The topological polar surface area (TPSA) is 76.5 Å². The fourth-order valence-electron chi connectivity index (χ4n) is 4.91. The van der Waals surface area contributed by atoms with Crippen molar-refractivity contribution in [1.29, 1.82) is 0 Å². The summed E-state index contributed by atoms with van der Waals surface area (Å²) in [7, 11) is 1.62. The van der Waals surface area contributed by atoms with Crippen molar-refractivity contribution in [2.45, 2.75) is 52.9 Å². The van der Waals surface area contributed by atoms with E-state index in [1.54, 1.807) is 16.7 Å². The Kier molecular flexibility index (Phi) is 10.9. The summed E-state index contributed by atoms with van der Waals surface area (Å²) in [6.45, 7) is 6.70. The number of methoxy groups -OCH3 is 1. The van der Waals surface area contributed by atoms with Gasteiger partial charge < -0.3 is 15.0 Å². The second kappa shape index (κ2) is 15.0. The maximum absolute atomic E-state index is 13.5. The molecule has 0 bridgehead atoms. The molecule has 0 aliphatic heterocycles. The van der Waals surface area contributed by atoms with Crippen molar-refractivity contribution >= 4 is 17.6 Å². The summed E-state index contributed by atoms with van der Waals surface area (Å²) in [5, 5.41) is 7.81. The number of carbonyl (C=O) groups excluding carboxylic acids is 2. The predicted molar refractivity (Wildman–Crippen MR) is 169 cm³/mol. The maximum atomic E-state index is 13.5. The lowest BCUT2D eigenvalue weighted by Crippen LogP contribution is -2.40. The molecule has 0 saturated heterocycles. The van der Waals surface area contributed by atoms with Crippen molar-refractivity contribution in [3.8, 4) is 22.7 Å². The van der Waals surface area contributed by atoms with Crippen LogP contribution >= 0.6 is 0 Å². The monoisotopic (exact) mass is 566 g/mol. The second-order valence-corrected chi connectivity index (χ2v) is 11.0. The molecule has 0 spiro atoms. The molecule has 0 atom stereocenters.